The van der Waals surface area contributed by atoms with Gasteiger partial charge in [-0.25, -0.2) is 4.79 Å². The molecule has 6 nitrogen and oxygen atoms in total. The predicted octanol–water partition coefficient (Wildman–Crippen LogP) is 1.76. The summed E-state index contributed by atoms with van der Waals surface area (Å²) in [6.45, 7) is 9.33. The van der Waals surface area contributed by atoms with Crippen LogP contribution in [0.1, 0.15) is 46.0 Å². The van der Waals surface area contributed by atoms with Gasteiger partial charge in [-0.2, -0.15) is 0 Å². The molecule has 0 bridgehead atoms. The molecule has 6 heteroatoms. The van der Waals surface area contributed by atoms with Crippen molar-refractivity contribution in [3.63, 3.8) is 0 Å². The second-order valence-electron chi connectivity index (χ2n) is 7.21. The van der Waals surface area contributed by atoms with E-state index < -0.39 is 0 Å². The molecule has 3 amide bonds. The van der Waals surface area contributed by atoms with Crippen molar-refractivity contribution in [3.8, 4) is 0 Å². The van der Waals surface area contributed by atoms with E-state index in [1.165, 1.54) is 0 Å². The molecule has 2 fully saturated rings. The van der Waals surface area contributed by atoms with Crippen LogP contribution in [-0.4, -0.2) is 79.0 Å². The van der Waals surface area contributed by atoms with E-state index in [-0.39, 0.29) is 18.0 Å². The predicted molar refractivity (Wildman–Crippen MR) is 95.9 cm³/mol. The maximum Gasteiger partial charge on any atom is 0.317 e. The number of likely N-dealkylation sites (tertiary alicyclic amines) is 1. The quantitative estimate of drug-likeness (QED) is 0.850. The minimum atomic E-state index is 0.0649. The molecule has 2 aliphatic heterocycles. The van der Waals surface area contributed by atoms with Crippen LogP contribution < -0.4 is 5.32 Å². The third-order valence-corrected chi connectivity index (χ3v) is 5.48. The van der Waals surface area contributed by atoms with Crippen LogP contribution in [0.4, 0.5) is 4.79 Å². The smallest absolute Gasteiger partial charge is 0.317 e. The fraction of sp³-hybridized carbons (Fsp3) is 0.889. The van der Waals surface area contributed by atoms with Gasteiger partial charge in [-0.3, -0.25) is 4.79 Å². The van der Waals surface area contributed by atoms with Crippen LogP contribution in [0.2, 0.25) is 0 Å². The monoisotopic (exact) mass is 338 g/mol. The zero-order valence-corrected chi connectivity index (χ0v) is 15.6. The summed E-state index contributed by atoms with van der Waals surface area (Å²) in [4.78, 5) is 31.1. The Kier molecular flexibility index (Phi) is 7.34. The minimum Gasteiger partial charge on any atom is -0.342 e. The van der Waals surface area contributed by atoms with E-state index in [1.807, 2.05) is 9.80 Å². The second kappa shape index (κ2) is 9.25. The van der Waals surface area contributed by atoms with E-state index in [0.717, 1.165) is 71.4 Å². The summed E-state index contributed by atoms with van der Waals surface area (Å²) in [5, 5.41) is 3.18. The Hall–Kier alpha value is -1.30. The molecule has 24 heavy (non-hydrogen) atoms. The Balaban J connectivity index is 1.76. The van der Waals surface area contributed by atoms with Gasteiger partial charge in [0.2, 0.25) is 5.91 Å². The van der Waals surface area contributed by atoms with Gasteiger partial charge in [-0.1, -0.05) is 13.8 Å². The molecule has 0 aromatic heterocycles. The Morgan fingerprint density at radius 1 is 0.958 bits per heavy atom. The molecule has 2 aliphatic rings. The molecule has 0 aliphatic carbocycles. The van der Waals surface area contributed by atoms with Crippen LogP contribution in [0.3, 0.4) is 0 Å². The molecule has 2 saturated heterocycles. The summed E-state index contributed by atoms with van der Waals surface area (Å²) in [5.41, 5.74) is 0. The summed E-state index contributed by atoms with van der Waals surface area (Å²) in [6.07, 6.45) is 4.59. The third-order valence-electron chi connectivity index (χ3n) is 5.48. The van der Waals surface area contributed by atoms with Crippen molar-refractivity contribution >= 4 is 11.9 Å². The molecule has 1 N–H and O–H groups in total. The molecular formula is C18H34N4O2. The summed E-state index contributed by atoms with van der Waals surface area (Å²) in [5.74, 6) is 0.450. The first-order valence-corrected chi connectivity index (χ1v) is 9.57. The van der Waals surface area contributed by atoms with Crippen LogP contribution >= 0.6 is 0 Å². The fourth-order valence-electron chi connectivity index (χ4n) is 3.66. The van der Waals surface area contributed by atoms with Gasteiger partial charge in [0.25, 0.3) is 0 Å². The fourth-order valence-corrected chi connectivity index (χ4v) is 3.66. The molecule has 0 aromatic carbocycles. The van der Waals surface area contributed by atoms with E-state index in [2.05, 4.69) is 31.1 Å². The van der Waals surface area contributed by atoms with Gasteiger partial charge in [-0.05, 0) is 45.7 Å². The zero-order chi connectivity index (χ0) is 17.5. The first kappa shape index (κ1) is 19.0. The van der Waals surface area contributed by atoms with Crippen molar-refractivity contribution < 1.29 is 9.59 Å². The highest BCUT2D eigenvalue weighted by molar-refractivity contribution is 5.79. The summed E-state index contributed by atoms with van der Waals surface area (Å²) in [6, 6.07) is 0.263. The number of amides is 3. The molecule has 0 unspecified atom stereocenters. The number of nitrogens with one attached hydrogen (secondary N) is 1. The van der Waals surface area contributed by atoms with E-state index in [0.29, 0.717) is 5.91 Å². The minimum absolute atomic E-state index is 0.0649. The Bertz CT molecular complexity index is 417. The summed E-state index contributed by atoms with van der Waals surface area (Å²) in [7, 11) is 2.11. The number of rotatable bonds is 4. The molecule has 0 radical (unpaired) electrons. The molecule has 138 valence electrons. The van der Waals surface area contributed by atoms with Crippen molar-refractivity contribution in [2.75, 3.05) is 46.3 Å². The van der Waals surface area contributed by atoms with E-state index in [1.54, 1.807) is 0 Å². The van der Waals surface area contributed by atoms with Gasteiger partial charge in [0.15, 0.2) is 0 Å². The van der Waals surface area contributed by atoms with Gasteiger partial charge in [0.1, 0.15) is 0 Å². The summed E-state index contributed by atoms with van der Waals surface area (Å²) >= 11 is 0. The first-order valence-electron chi connectivity index (χ1n) is 9.57. The maximum absolute atomic E-state index is 12.5. The van der Waals surface area contributed by atoms with Crippen molar-refractivity contribution in [2.24, 2.45) is 5.92 Å². The van der Waals surface area contributed by atoms with Gasteiger partial charge in [0.05, 0.1) is 0 Å². The highest BCUT2D eigenvalue weighted by Crippen LogP contribution is 2.17. The number of carbonyl (C=O) groups is 2. The SMILES string of the molecule is CCC(CC)C(=O)N1CCC(NC(=O)N2CCCN(C)CC2)CC1. The molecule has 0 atom stereocenters. The number of urea groups is 1. The van der Waals surface area contributed by atoms with Gasteiger partial charge in [-0.15, -0.1) is 0 Å². The Morgan fingerprint density at radius 3 is 2.25 bits per heavy atom. The number of carbonyl (C=O) groups excluding carboxylic acids is 2. The van der Waals surface area contributed by atoms with Crippen molar-refractivity contribution in [1.29, 1.82) is 0 Å². The average Bonchev–Trinajstić information content (AvgIpc) is 2.81. The topological polar surface area (TPSA) is 55.9 Å². The molecule has 2 heterocycles. The lowest BCUT2D eigenvalue weighted by Gasteiger charge is -2.35. The second-order valence-corrected chi connectivity index (χ2v) is 7.21. The maximum atomic E-state index is 12.5. The zero-order valence-electron chi connectivity index (χ0n) is 15.6. The van der Waals surface area contributed by atoms with E-state index in [4.69, 9.17) is 0 Å². The van der Waals surface area contributed by atoms with E-state index >= 15 is 0 Å². The van der Waals surface area contributed by atoms with Crippen LogP contribution in [-0.2, 0) is 4.79 Å². The lowest BCUT2D eigenvalue weighted by atomic mass is 9.98. The van der Waals surface area contributed by atoms with Crippen molar-refractivity contribution in [1.82, 2.24) is 20.0 Å². The third kappa shape index (κ3) is 5.10. The highest BCUT2D eigenvalue weighted by Gasteiger charge is 2.28. The van der Waals surface area contributed by atoms with Crippen molar-refractivity contribution in [3.05, 3.63) is 0 Å². The van der Waals surface area contributed by atoms with Gasteiger partial charge in [0, 0.05) is 44.7 Å². The standard InChI is InChI=1S/C18H34N4O2/c1-4-15(5-2)17(23)21-11-7-16(8-12-21)19-18(24)22-10-6-9-20(3)13-14-22/h15-16H,4-14H2,1-3H3,(H,19,24). The number of nitrogens with zero attached hydrogens (tertiary/aromatic N) is 3. The number of piperidine rings is 1. The van der Waals surface area contributed by atoms with Crippen molar-refractivity contribution in [2.45, 2.75) is 52.0 Å². The molecule has 0 saturated carbocycles. The summed E-state index contributed by atoms with van der Waals surface area (Å²) < 4.78 is 0. The molecule has 0 spiro atoms. The van der Waals surface area contributed by atoms with E-state index in [9.17, 15) is 9.59 Å². The first-order chi connectivity index (χ1) is 11.5. The van der Waals surface area contributed by atoms with Crippen LogP contribution in [0.15, 0.2) is 0 Å². The van der Waals surface area contributed by atoms with Crippen LogP contribution in [0.25, 0.3) is 0 Å². The Labute approximate surface area is 146 Å². The number of hydrogen-bond donors (Lipinski definition) is 1. The largest absolute Gasteiger partial charge is 0.342 e. The molecular weight excluding hydrogens is 304 g/mol. The van der Waals surface area contributed by atoms with Gasteiger partial charge < -0.3 is 20.0 Å². The molecule has 2 rings (SSSR count). The Morgan fingerprint density at radius 2 is 1.62 bits per heavy atom. The number of hydrogen-bond acceptors (Lipinski definition) is 3. The number of likely N-dealkylation sites (N-methyl/N-ethyl adjacent to an activating group) is 1. The van der Waals surface area contributed by atoms with Gasteiger partial charge >= 0.3 is 6.03 Å². The van der Waals surface area contributed by atoms with Crippen LogP contribution in [0, 0.1) is 5.92 Å². The lowest BCUT2D eigenvalue weighted by Crippen LogP contribution is -2.51. The molecule has 0 aromatic rings. The lowest BCUT2D eigenvalue weighted by molar-refractivity contribution is -0.136. The normalized spacial score (nSPS) is 21.0. The van der Waals surface area contributed by atoms with Crippen LogP contribution in [0.5, 0.6) is 0 Å². The average molecular weight is 338 g/mol. The highest BCUT2D eigenvalue weighted by atomic mass is 16.2.